The number of sulfonamides is 1. The Morgan fingerprint density at radius 3 is 2.56 bits per heavy atom. The largest absolute Gasteiger partial charge is 0.321 e. The number of hydrogen-bond acceptors (Lipinski definition) is 4. The third-order valence-electron chi connectivity index (χ3n) is 4.47. The third kappa shape index (κ3) is 4.15. The molecule has 2 aromatic rings. The maximum atomic E-state index is 12.7. The highest BCUT2D eigenvalue weighted by Gasteiger charge is 2.28. The van der Waals surface area contributed by atoms with Gasteiger partial charge in [-0.05, 0) is 60.0 Å². The number of carbonyl (C=O) groups excluding carboxylic acids is 1. The second-order valence-electron chi connectivity index (χ2n) is 6.25. The molecule has 2 heterocycles. The Morgan fingerprint density at radius 2 is 1.89 bits per heavy atom. The van der Waals surface area contributed by atoms with Crippen molar-refractivity contribution in [3.05, 3.63) is 56.9 Å². The summed E-state index contributed by atoms with van der Waals surface area (Å²) in [7, 11) is -3.61. The minimum atomic E-state index is -3.61. The van der Waals surface area contributed by atoms with E-state index in [1.54, 1.807) is 12.3 Å². The van der Waals surface area contributed by atoms with Gasteiger partial charge in [0.25, 0.3) is 11.5 Å². The Morgan fingerprint density at radius 1 is 1.19 bits per heavy atom. The van der Waals surface area contributed by atoms with Gasteiger partial charge in [0, 0.05) is 36.4 Å². The van der Waals surface area contributed by atoms with Crippen LogP contribution in [0.2, 0.25) is 0 Å². The van der Waals surface area contributed by atoms with E-state index >= 15 is 0 Å². The van der Waals surface area contributed by atoms with Crippen molar-refractivity contribution < 1.29 is 13.2 Å². The molecule has 0 aliphatic carbocycles. The molecule has 144 valence electrons. The summed E-state index contributed by atoms with van der Waals surface area (Å²) >= 11 is 3.31. The molecule has 7 nitrogen and oxygen atoms in total. The van der Waals surface area contributed by atoms with E-state index < -0.39 is 15.9 Å². The molecule has 0 bridgehead atoms. The van der Waals surface area contributed by atoms with Crippen molar-refractivity contribution in [1.82, 2.24) is 8.87 Å². The zero-order valence-electron chi connectivity index (χ0n) is 14.8. The SMILES string of the molecule is CCn1cc(NC(=O)c2cc(S(=O)(=O)N3CCCC3)ccc2Br)ccc1=O. The number of aromatic nitrogens is 1. The lowest BCUT2D eigenvalue weighted by atomic mass is 10.2. The fourth-order valence-electron chi connectivity index (χ4n) is 2.97. The van der Waals surface area contributed by atoms with E-state index in [4.69, 9.17) is 0 Å². The van der Waals surface area contributed by atoms with Gasteiger partial charge in [-0.3, -0.25) is 9.59 Å². The first-order chi connectivity index (χ1) is 12.8. The monoisotopic (exact) mass is 453 g/mol. The molecule has 1 amide bonds. The molecule has 1 aliphatic rings. The Labute approximate surface area is 166 Å². The lowest BCUT2D eigenvalue weighted by molar-refractivity contribution is 0.102. The number of pyridine rings is 1. The molecule has 1 aromatic carbocycles. The summed E-state index contributed by atoms with van der Waals surface area (Å²) in [5.41, 5.74) is 0.515. The second kappa shape index (κ2) is 7.95. The van der Waals surface area contributed by atoms with Gasteiger partial charge in [0.2, 0.25) is 10.0 Å². The van der Waals surface area contributed by atoms with E-state index in [2.05, 4.69) is 21.2 Å². The zero-order valence-corrected chi connectivity index (χ0v) is 17.2. The van der Waals surface area contributed by atoms with Gasteiger partial charge in [-0.1, -0.05) is 0 Å². The standard InChI is InChI=1S/C18H20BrN3O4S/c1-2-21-12-13(5-8-17(21)23)20-18(24)15-11-14(6-7-16(15)19)27(25,26)22-9-3-4-10-22/h5-8,11-12H,2-4,9-10H2,1H3,(H,20,24). The second-order valence-corrected chi connectivity index (χ2v) is 9.04. The van der Waals surface area contributed by atoms with Gasteiger partial charge < -0.3 is 9.88 Å². The van der Waals surface area contributed by atoms with Crippen LogP contribution < -0.4 is 10.9 Å². The molecular weight excluding hydrogens is 434 g/mol. The average Bonchev–Trinajstić information content (AvgIpc) is 3.19. The maximum absolute atomic E-state index is 12.7. The van der Waals surface area contributed by atoms with Crippen molar-refractivity contribution in [3.8, 4) is 0 Å². The Kier molecular flexibility index (Phi) is 5.83. The first-order valence-corrected chi connectivity index (χ1v) is 10.9. The zero-order chi connectivity index (χ0) is 19.6. The number of hydrogen-bond donors (Lipinski definition) is 1. The molecule has 27 heavy (non-hydrogen) atoms. The minimum absolute atomic E-state index is 0.0938. The molecule has 0 radical (unpaired) electrons. The molecule has 1 saturated heterocycles. The first kappa shape index (κ1) is 19.8. The van der Waals surface area contributed by atoms with Gasteiger partial charge in [0.05, 0.1) is 16.1 Å². The van der Waals surface area contributed by atoms with Gasteiger partial charge in [0.1, 0.15) is 0 Å². The van der Waals surface area contributed by atoms with Crippen molar-refractivity contribution in [1.29, 1.82) is 0 Å². The highest BCUT2D eigenvalue weighted by atomic mass is 79.9. The maximum Gasteiger partial charge on any atom is 0.256 e. The van der Waals surface area contributed by atoms with Gasteiger partial charge in [-0.15, -0.1) is 0 Å². The van der Waals surface area contributed by atoms with Crippen LogP contribution in [0.3, 0.4) is 0 Å². The van der Waals surface area contributed by atoms with E-state index in [-0.39, 0.29) is 16.0 Å². The van der Waals surface area contributed by atoms with Crippen molar-refractivity contribution in [2.24, 2.45) is 0 Å². The van der Waals surface area contributed by atoms with Crippen molar-refractivity contribution >= 4 is 37.5 Å². The fraction of sp³-hybridized carbons (Fsp3) is 0.333. The van der Waals surface area contributed by atoms with Crippen LogP contribution >= 0.6 is 15.9 Å². The molecular formula is C18H20BrN3O4S. The van der Waals surface area contributed by atoms with Gasteiger partial charge in [-0.25, -0.2) is 8.42 Å². The van der Waals surface area contributed by atoms with Crippen LogP contribution in [0.4, 0.5) is 5.69 Å². The minimum Gasteiger partial charge on any atom is -0.321 e. The van der Waals surface area contributed by atoms with E-state index in [0.29, 0.717) is 29.8 Å². The molecule has 1 fully saturated rings. The molecule has 0 atom stereocenters. The number of nitrogens with zero attached hydrogens (tertiary/aromatic N) is 2. The van der Waals surface area contributed by atoms with E-state index in [0.717, 1.165) is 12.8 Å². The molecule has 3 rings (SSSR count). The van der Waals surface area contributed by atoms with Crippen molar-refractivity contribution in [3.63, 3.8) is 0 Å². The number of benzene rings is 1. The molecule has 1 aliphatic heterocycles. The Hall–Kier alpha value is -1.97. The molecule has 1 N–H and O–H groups in total. The predicted molar refractivity (Wildman–Crippen MR) is 106 cm³/mol. The fourth-order valence-corrected chi connectivity index (χ4v) is 4.94. The summed E-state index contributed by atoms with van der Waals surface area (Å²) < 4.78 is 28.9. The van der Waals surface area contributed by atoms with E-state index in [9.17, 15) is 18.0 Å². The lowest BCUT2D eigenvalue weighted by Gasteiger charge is -2.16. The predicted octanol–water partition coefficient (Wildman–Crippen LogP) is 2.67. The lowest BCUT2D eigenvalue weighted by Crippen LogP contribution is -2.28. The van der Waals surface area contributed by atoms with Crippen LogP contribution in [0, 0.1) is 0 Å². The topological polar surface area (TPSA) is 88.5 Å². The smallest absolute Gasteiger partial charge is 0.256 e. The van der Waals surface area contributed by atoms with Gasteiger partial charge in [-0.2, -0.15) is 4.31 Å². The summed E-state index contributed by atoms with van der Waals surface area (Å²) in [6.07, 6.45) is 3.24. The van der Waals surface area contributed by atoms with Crippen LogP contribution in [0.5, 0.6) is 0 Å². The van der Waals surface area contributed by atoms with E-state index in [1.165, 1.54) is 33.1 Å². The molecule has 0 saturated carbocycles. The van der Waals surface area contributed by atoms with Gasteiger partial charge >= 0.3 is 0 Å². The Bertz CT molecular complexity index is 1030. The molecule has 1 aromatic heterocycles. The van der Waals surface area contributed by atoms with Crippen molar-refractivity contribution in [2.75, 3.05) is 18.4 Å². The first-order valence-electron chi connectivity index (χ1n) is 8.64. The molecule has 9 heteroatoms. The van der Waals surface area contributed by atoms with Crippen molar-refractivity contribution in [2.45, 2.75) is 31.2 Å². The third-order valence-corrected chi connectivity index (χ3v) is 7.05. The summed E-state index contributed by atoms with van der Waals surface area (Å²) in [4.78, 5) is 24.4. The number of amides is 1. The molecule has 0 unspecified atom stereocenters. The highest BCUT2D eigenvalue weighted by Crippen LogP contribution is 2.26. The van der Waals surface area contributed by atoms with E-state index in [1.807, 2.05) is 6.92 Å². The number of halogens is 1. The summed E-state index contributed by atoms with van der Waals surface area (Å²) in [5, 5.41) is 2.71. The quantitative estimate of drug-likeness (QED) is 0.753. The number of nitrogens with one attached hydrogen (secondary N) is 1. The highest BCUT2D eigenvalue weighted by molar-refractivity contribution is 9.10. The number of rotatable bonds is 5. The van der Waals surface area contributed by atoms with Crippen LogP contribution in [0.1, 0.15) is 30.1 Å². The Balaban J connectivity index is 1.90. The average molecular weight is 454 g/mol. The normalized spacial score (nSPS) is 15.0. The molecule has 0 spiro atoms. The van der Waals surface area contributed by atoms with Crippen LogP contribution in [-0.4, -0.2) is 36.3 Å². The number of aryl methyl sites for hydroxylation is 1. The van der Waals surface area contributed by atoms with Gasteiger partial charge in [0.15, 0.2) is 0 Å². The van der Waals surface area contributed by atoms with Crippen LogP contribution in [0.15, 0.2) is 50.7 Å². The van der Waals surface area contributed by atoms with Crippen LogP contribution in [-0.2, 0) is 16.6 Å². The summed E-state index contributed by atoms with van der Waals surface area (Å²) in [6.45, 7) is 3.31. The number of carbonyl (C=O) groups is 1. The van der Waals surface area contributed by atoms with Crippen LogP contribution in [0.25, 0.3) is 0 Å². The summed E-state index contributed by atoms with van der Waals surface area (Å²) in [5.74, 6) is -0.457. The number of anilines is 1. The summed E-state index contributed by atoms with van der Waals surface area (Å²) in [6, 6.07) is 7.33.